The average Bonchev–Trinajstić information content (AvgIpc) is 3.05. The third kappa shape index (κ3) is 2.90. The Hall–Kier alpha value is -1.97. The molecule has 1 aromatic rings. The summed E-state index contributed by atoms with van der Waals surface area (Å²) in [4.78, 5) is 28.8. The molecule has 29 heavy (non-hydrogen) atoms. The first kappa shape index (κ1) is 19.0. The normalized spacial score (nSPS) is 41.0. The van der Waals surface area contributed by atoms with E-state index in [1.165, 1.54) is 18.4 Å². The largest absolute Gasteiger partial charge is 0.457 e. The zero-order valence-electron chi connectivity index (χ0n) is 17.5. The lowest BCUT2D eigenvalue weighted by molar-refractivity contribution is -0.118. The van der Waals surface area contributed by atoms with Gasteiger partial charge in [0, 0.05) is 18.0 Å². The van der Waals surface area contributed by atoms with Crippen molar-refractivity contribution in [2.24, 2.45) is 28.6 Å². The number of hydrogen-bond donors (Lipinski definition) is 0. The minimum Gasteiger partial charge on any atom is -0.457 e. The molecule has 4 heteroatoms. The van der Waals surface area contributed by atoms with Gasteiger partial charge in [0.25, 0.3) is 0 Å². The highest BCUT2D eigenvalue weighted by molar-refractivity contribution is 5.91. The van der Waals surface area contributed by atoms with Gasteiger partial charge in [0.1, 0.15) is 11.8 Å². The van der Waals surface area contributed by atoms with Crippen LogP contribution in [0.15, 0.2) is 36.0 Å². The van der Waals surface area contributed by atoms with Gasteiger partial charge in [-0.15, -0.1) is 0 Å². The molecular weight excluding hydrogens is 362 g/mol. The Labute approximate surface area is 173 Å². The zero-order valence-corrected chi connectivity index (χ0v) is 17.5. The number of ketones is 1. The van der Waals surface area contributed by atoms with Crippen LogP contribution >= 0.6 is 0 Å². The number of ether oxygens (including phenoxy) is 1. The van der Waals surface area contributed by atoms with Crippen LogP contribution in [0.4, 0.5) is 0 Å². The van der Waals surface area contributed by atoms with Crippen LogP contribution < -0.4 is 0 Å². The predicted molar refractivity (Wildman–Crippen MR) is 110 cm³/mol. The first-order valence-corrected chi connectivity index (χ1v) is 11.3. The number of pyridine rings is 1. The molecule has 4 aliphatic rings. The second-order valence-electron chi connectivity index (χ2n) is 10.2. The van der Waals surface area contributed by atoms with E-state index >= 15 is 0 Å². The molecule has 1 aromatic heterocycles. The fourth-order valence-electron chi connectivity index (χ4n) is 7.38. The number of esters is 1. The van der Waals surface area contributed by atoms with Gasteiger partial charge in [-0.05, 0) is 86.3 Å². The lowest BCUT2D eigenvalue weighted by Gasteiger charge is -2.57. The van der Waals surface area contributed by atoms with Crippen LogP contribution in [0.3, 0.4) is 0 Å². The van der Waals surface area contributed by atoms with Gasteiger partial charge in [-0.3, -0.25) is 4.79 Å². The second-order valence-corrected chi connectivity index (χ2v) is 10.2. The van der Waals surface area contributed by atoms with Crippen molar-refractivity contribution >= 4 is 11.8 Å². The molecule has 3 fully saturated rings. The molecule has 6 atom stereocenters. The molecule has 1 heterocycles. The Morgan fingerprint density at radius 2 is 1.93 bits per heavy atom. The summed E-state index contributed by atoms with van der Waals surface area (Å²) in [5.74, 6) is 1.99. The van der Waals surface area contributed by atoms with E-state index in [1.54, 1.807) is 12.3 Å². The SMILES string of the molecule is C[C@]12CC[C@H]3[C@@H](CCC4=CC(=O)CC[C@@]43C)[C@@H]1CC[C@@H]2OC(=O)c1ccccn1. The highest BCUT2D eigenvalue weighted by atomic mass is 16.5. The van der Waals surface area contributed by atoms with E-state index in [1.807, 2.05) is 18.2 Å². The first-order valence-electron chi connectivity index (χ1n) is 11.3. The van der Waals surface area contributed by atoms with Gasteiger partial charge >= 0.3 is 5.97 Å². The second kappa shape index (κ2) is 6.78. The van der Waals surface area contributed by atoms with Gasteiger partial charge in [0.05, 0.1) is 0 Å². The summed E-state index contributed by atoms with van der Waals surface area (Å²) in [7, 11) is 0. The molecule has 0 radical (unpaired) electrons. The smallest absolute Gasteiger partial charge is 0.357 e. The maximum Gasteiger partial charge on any atom is 0.357 e. The van der Waals surface area contributed by atoms with E-state index in [-0.39, 0.29) is 22.9 Å². The quantitative estimate of drug-likeness (QED) is 0.653. The maximum absolute atomic E-state index is 12.6. The van der Waals surface area contributed by atoms with Crippen LogP contribution in [-0.2, 0) is 9.53 Å². The van der Waals surface area contributed by atoms with Crippen molar-refractivity contribution in [3.63, 3.8) is 0 Å². The van der Waals surface area contributed by atoms with Crippen LogP contribution in [0.5, 0.6) is 0 Å². The van der Waals surface area contributed by atoms with Crippen molar-refractivity contribution in [3.8, 4) is 0 Å². The van der Waals surface area contributed by atoms with E-state index in [2.05, 4.69) is 18.8 Å². The minimum absolute atomic E-state index is 0.0133. The third-order valence-corrected chi connectivity index (χ3v) is 9.00. The van der Waals surface area contributed by atoms with E-state index in [0.717, 1.165) is 32.1 Å². The summed E-state index contributed by atoms with van der Waals surface area (Å²) in [5.41, 5.74) is 2.07. The van der Waals surface area contributed by atoms with Crippen LogP contribution in [0.25, 0.3) is 0 Å². The van der Waals surface area contributed by atoms with Gasteiger partial charge < -0.3 is 4.74 Å². The molecule has 0 spiro atoms. The first-order chi connectivity index (χ1) is 13.9. The molecule has 0 aromatic carbocycles. The predicted octanol–water partition coefficient (Wildman–Crippen LogP) is 5.14. The topological polar surface area (TPSA) is 56.3 Å². The van der Waals surface area contributed by atoms with Gasteiger partial charge in [0.15, 0.2) is 5.78 Å². The summed E-state index contributed by atoms with van der Waals surface area (Å²) in [6, 6.07) is 5.38. The fraction of sp³-hybridized carbons (Fsp3) is 0.640. The van der Waals surface area contributed by atoms with E-state index in [4.69, 9.17) is 4.74 Å². The molecule has 0 bridgehead atoms. The number of rotatable bonds is 2. The lowest BCUT2D eigenvalue weighted by atomic mass is 9.47. The maximum atomic E-state index is 12.6. The van der Waals surface area contributed by atoms with Gasteiger partial charge in [-0.2, -0.15) is 0 Å². The highest BCUT2D eigenvalue weighted by Crippen LogP contribution is 2.65. The Balaban J connectivity index is 1.37. The Kier molecular flexibility index (Phi) is 4.45. The number of hydrogen-bond acceptors (Lipinski definition) is 4. The van der Waals surface area contributed by atoms with Crippen LogP contribution in [0.2, 0.25) is 0 Å². The monoisotopic (exact) mass is 393 g/mol. The molecule has 0 N–H and O–H groups in total. The van der Waals surface area contributed by atoms with Crippen LogP contribution in [-0.4, -0.2) is 22.8 Å². The molecular formula is C25H31NO3. The van der Waals surface area contributed by atoms with Crippen molar-refractivity contribution < 1.29 is 14.3 Å². The molecule has 0 aliphatic heterocycles. The van der Waals surface area contributed by atoms with E-state index in [9.17, 15) is 9.59 Å². The van der Waals surface area contributed by atoms with Crippen molar-refractivity contribution in [2.75, 3.05) is 0 Å². The fourth-order valence-corrected chi connectivity index (χ4v) is 7.38. The number of aromatic nitrogens is 1. The zero-order chi connectivity index (χ0) is 20.2. The van der Waals surface area contributed by atoms with Crippen LogP contribution in [0.1, 0.15) is 75.7 Å². The van der Waals surface area contributed by atoms with Crippen molar-refractivity contribution in [1.29, 1.82) is 0 Å². The third-order valence-electron chi connectivity index (χ3n) is 9.00. The van der Waals surface area contributed by atoms with E-state index in [0.29, 0.717) is 35.7 Å². The highest BCUT2D eigenvalue weighted by Gasteiger charge is 2.60. The Morgan fingerprint density at radius 3 is 2.72 bits per heavy atom. The Morgan fingerprint density at radius 1 is 1.07 bits per heavy atom. The lowest BCUT2D eigenvalue weighted by Crippen LogP contribution is -2.51. The summed E-state index contributed by atoms with van der Waals surface area (Å²) in [6.07, 6.45) is 12.0. The molecule has 4 nitrogen and oxygen atoms in total. The molecule has 3 saturated carbocycles. The summed E-state index contributed by atoms with van der Waals surface area (Å²) in [6.45, 7) is 4.77. The van der Waals surface area contributed by atoms with Crippen molar-refractivity contribution in [1.82, 2.24) is 4.98 Å². The molecule has 154 valence electrons. The van der Waals surface area contributed by atoms with Crippen LogP contribution in [0, 0.1) is 28.6 Å². The molecule has 4 aliphatic carbocycles. The number of nitrogens with zero attached hydrogens (tertiary/aromatic N) is 1. The molecule has 0 amide bonds. The van der Waals surface area contributed by atoms with Gasteiger partial charge in [-0.1, -0.05) is 25.5 Å². The molecule has 0 saturated heterocycles. The minimum atomic E-state index is -0.286. The average molecular weight is 394 g/mol. The summed E-state index contributed by atoms with van der Waals surface area (Å²) < 4.78 is 6.04. The standard InChI is InChI=1S/C25H31NO3/c1-24-12-10-17(27)15-16(24)6-7-18-19-8-9-22(25(19,2)13-11-20(18)24)29-23(28)21-5-3-4-14-26-21/h3-5,14-15,18-20,22H,6-13H2,1-2H3/t18-,19-,20-,22-,24-,25-/m0/s1. The summed E-state index contributed by atoms with van der Waals surface area (Å²) >= 11 is 0. The molecule has 0 unspecified atom stereocenters. The van der Waals surface area contributed by atoms with Gasteiger partial charge in [-0.25, -0.2) is 9.78 Å². The molecule has 5 rings (SSSR count). The van der Waals surface area contributed by atoms with Gasteiger partial charge in [0.2, 0.25) is 0 Å². The number of carbonyl (C=O) groups is 2. The number of fused-ring (bicyclic) bond motifs is 5. The summed E-state index contributed by atoms with van der Waals surface area (Å²) in [5, 5.41) is 0. The van der Waals surface area contributed by atoms with E-state index < -0.39 is 0 Å². The number of allylic oxidation sites excluding steroid dienone is 1. The van der Waals surface area contributed by atoms with Crippen molar-refractivity contribution in [3.05, 3.63) is 41.7 Å². The van der Waals surface area contributed by atoms with Crippen molar-refractivity contribution in [2.45, 2.75) is 71.3 Å². The number of carbonyl (C=O) groups excluding carboxylic acids is 2. The Bertz CT molecular complexity index is 862.